The first-order chi connectivity index (χ1) is 22.4. The van der Waals surface area contributed by atoms with Gasteiger partial charge in [0.25, 0.3) is 10.0 Å². The van der Waals surface area contributed by atoms with Crippen LogP contribution >= 0.6 is 34.8 Å². The third kappa shape index (κ3) is 9.64. The zero-order valence-corrected chi connectivity index (χ0v) is 29.3. The summed E-state index contributed by atoms with van der Waals surface area (Å²) in [6.07, 6.45) is 0.174. The van der Waals surface area contributed by atoms with Gasteiger partial charge < -0.3 is 15.0 Å². The highest BCUT2D eigenvalue weighted by Gasteiger charge is 2.35. The Morgan fingerprint density at radius 2 is 1.49 bits per heavy atom. The van der Waals surface area contributed by atoms with Crippen molar-refractivity contribution in [3.8, 4) is 5.75 Å². The molecule has 1 atom stereocenters. The number of methoxy groups -OCH3 is 1. The summed E-state index contributed by atoms with van der Waals surface area (Å²) < 4.78 is 34.5. The van der Waals surface area contributed by atoms with Gasteiger partial charge in [-0.05, 0) is 77.7 Å². The molecule has 0 aliphatic carbocycles. The summed E-state index contributed by atoms with van der Waals surface area (Å²) in [4.78, 5) is 29.8. The fourth-order valence-electron chi connectivity index (χ4n) is 4.82. The number of sulfonamides is 1. The number of nitrogens with zero attached hydrogens (tertiary/aromatic N) is 2. The molecule has 0 spiro atoms. The number of nitrogens with one attached hydrogen (secondary N) is 1. The molecule has 0 heterocycles. The molecule has 0 bridgehead atoms. The van der Waals surface area contributed by atoms with Gasteiger partial charge in [-0.3, -0.25) is 13.9 Å². The molecule has 4 rings (SSSR count). The standard InChI is InChI=1S/C35H36Cl3N3O5S/c1-24(2)21-39-35(43)33(19-25-7-5-4-6-8-25)40(22-26-9-10-28(37)20-32(26)38)34(42)23-41(29-13-11-27(36)12-14-29)47(44,45)31-17-15-30(46-3)16-18-31/h4-18,20,24,33H,19,21-23H2,1-3H3,(H,39,43)/t33-/m0/s1. The Morgan fingerprint density at radius 3 is 2.09 bits per heavy atom. The summed E-state index contributed by atoms with van der Waals surface area (Å²) in [6.45, 7) is 3.62. The van der Waals surface area contributed by atoms with Crippen molar-refractivity contribution in [3.05, 3.63) is 123 Å². The van der Waals surface area contributed by atoms with Gasteiger partial charge in [-0.1, -0.05) is 85.0 Å². The first-order valence-electron chi connectivity index (χ1n) is 14.9. The van der Waals surface area contributed by atoms with Crippen LogP contribution in [-0.2, 0) is 32.6 Å². The Morgan fingerprint density at radius 1 is 0.851 bits per heavy atom. The molecule has 8 nitrogen and oxygen atoms in total. The molecule has 1 N–H and O–H groups in total. The van der Waals surface area contributed by atoms with Crippen molar-refractivity contribution in [2.24, 2.45) is 5.92 Å². The van der Waals surface area contributed by atoms with E-state index in [-0.39, 0.29) is 35.4 Å². The second-order valence-corrected chi connectivity index (χ2v) is 14.4. The number of carbonyl (C=O) groups excluding carboxylic acids is 2. The lowest BCUT2D eigenvalue weighted by atomic mass is 10.0. The molecule has 0 aromatic heterocycles. The minimum Gasteiger partial charge on any atom is -0.497 e. The summed E-state index contributed by atoms with van der Waals surface area (Å²) in [5, 5.41) is 4.07. The van der Waals surface area contributed by atoms with Gasteiger partial charge in [0.1, 0.15) is 18.3 Å². The number of ether oxygens (including phenoxy) is 1. The predicted molar refractivity (Wildman–Crippen MR) is 188 cm³/mol. The molecule has 0 radical (unpaired) electrons. The van der Waals surface area contributed by atoms with E-state index in [1.807, 2.05) is 44.2 Å². The molecule has 0 saturated heterocycles. The molecule has 0 saturated carbocycles. The maximum Gasteiger partial charge on any atom is 0.264 e. The summed E-state index contributed by atoms with van der Waals surface area (Å²) in [5.41, 5.74) is 1.57. The first-order valence-corrected chi connectivity index (χ1v) is 17.4. The van der Waals surface area contributed by atoms with Crippen molar-refractivity contribution in [1.82, 2.24) is 10.2 Å². The number of anilines is 1. The molecule has 248 valence electrons. The van der Waals surface area contributed by atoms with Crippen molar-refractivity contribution in [2.75, 3.05) is 24.5 Å². The zero-order valence-electron chi connectivity index (χ0n) is 26.2. The molecule has 4 aromatic carbocycles. The maximum atomic E-state index is 14.6. The van der Waals surface area contributed by atoms with Crippen LogP contribution in [0.15, 0.2) is 102 Å². The fourth-order valence-corrected chi connectivity index (χ4v) is 6.83. The monoisotopic (exact) mass is 715 g/mol. The van der Waals surface area contributed by atoms with Gasteiger partial charge in [0.2, 0.25) is 11.8 Å². The van der Waals surface area contributed by atoms with Crippen LogP contribution in [0.3, 0.4) is 0 Å². The Labute approximate surface area is 291 Å². The van der Waals surface area contributed by atoms with Gasteiger partial charge in [0.15, 0.2) is 0 Å². The van der Waals surface area contributed by atoms with Crippen LogP contribution in [0.5, 0.6) is 5.75 Å². The minimum atomic E-state index is -4.29. The number of carbonyl (C=O) groups is 2. The molecular formula is C35H36Cl3N3O5S. The Balaban J connectivity index is 1.81. The lowest BCUT2D eigenvalue weighted by molar-refractivity contribution is -0.140. The van der Waals surface area contributed by atoms with Crippen LogP contribution in [0.2, 0.25) is 15.1 Å². The lowest BCUT2D eigenvalue weighted by Gasteiger charge is -2.34. The van der Waals surface area contributed by atoms with Crippen LogP contribution in [-0.4, -0.2) is 51.4 Å². The van der Waals surface area contributed by atoms with Crippen LogP contribution in [0.25, 0.3) is 0 Å². The van der Waals surface area contributed by atoms with E-state index in [1.165, 1.54) is 48.4 Å². The summed E-state index contributed by atoms with van der Waals surface area (Å²) >= 11 is 18.9. The summed E-state index contributed by atoms with van der Waals surface area (Å²) in [7, 11) is -2.81. The lowest BCUT2D eigenvalue weighted by Crippen LogP contribution is -2.53. The number of amides is 2. The normalized spacial score (nSPS) is 12.0. The van der Waals surface area contributed by atoms with Gasteiger partial charge in [-0.15, -0.1) is 0 Å². The van der Waals surface area contributed by atoms with E-state index in [4.69, 9.17) is 39.5 Å². The van der Waals surface area contributed by atoms with E-state index in [2.05, 4.69) is 5.32 Å². The third-order valence-electron chi connectivity index (χ3n) is 7.35. The van der Waals surface area contributed by atoms with Crippen molar-refractivity contribution >= 4 is 62.3 Å². The number of hydrogen-bond acceptors (Lipinski definition) is 5. The Kier molecular flexibility index (Phi) is 12.6. The number of hydrogen-bond donors (Lipinski definition) is 1. The Hall–Kier alpha value is -3.76. The van der Waals surface area contributed by atoms with Crippen molar-refractivity contribution in [1.29, 1.82) is 0 Å². The number of halogens is 3. The molecule has 4 aromatic rings. The molecule has 47 heavy (non-hydrogen) atoms. The molecule has 0 aliphatic rings. The molecule has 0 unspecified atom stereocenters. The number of benzene rings is 4. The number of rotatable bonds is 14. The van der Waals surface area contributed by atoms with Gasteiger partial charge >= 0.3 is 0 Å². The smallest absolute Gasteiger partial charge is 0.264 e. The van der Waals surface area contributed by atoms with Gasteiger partial charge in [0.05, 0.1) is 17.7 Å². The van der Waals surface area contributed by atoms with Crippen molar-refractivity contribution in [2.45, 2.75) is 37.8 Å². The van der Waals surface area contributed by atoms with Crippen molar-refractivity contribution < 1.29 is 22.7 Å². The van der Waals surface area contributed by atoms with Gasteiger partial charge in [-0.2, -0.15) is 0 Å². The highest BCUT2D eigenvalue weighted by atomic mass is 35.5. The zero-order chi connectivity index (χ0) is 34.1. The van der Waals surface area contributed by atoms with E-state index in [0.717, 1.165) is 9.87 Å². The van der Waals surface area contributed by atoms with Gasteiger partial charge in [0, 0.05) is 34.6 Å². The highest BCUT2D eigenvalue weighted by molar-refractivity contribution is 7.92. The van der Waals surface area contributed by atoms with Crippen LogP contribution < -0.4 is 14.4 Å². The quantitative estimate of drug-likeness (QED) is 0.148. The van der Waals surface area contributed by atoms with E-state index >= 15 is 0 Å². The summed E-state index contributed by atoms with van der Waals surface area (Å²) in [6, 6.07) is 25.2. The largest absolute Gasteiger partial charge is 0.497 e. The van der Waals surface area contributed by atoms with Crippen LogP contribution in [0, 0.1) is 5.92 Å². The molecule has 12 heteroatoms. The maximum absolute atomic E-state index is 14.6. The van der Waals surface area contributed by atoms with E-state index in [0.29, 0.717) is 32.9 Å². The van der Waals surface area contributed by atoms with Crippen molar-refractivity contribution in [3.63, 3.8) is 0 Å². The van der Waals surface area contributed by atoms with Crippen LogP contribution in [0.1, 0.15) is 25.0 Å². The SMILES string of the molecule is COc1ccc(S(=O)(=O)N(CC(=O)N(Cc2ccc(Cl)cc2Cl)[C@@H](Cc2ccccc2)C(=O)NCC(C)C)c2ccc(Cl)cc2)cc1. The summed E-state index contributed by atoms with van der Waals surface area (Å²) in [5.74, 6) is -0.373. The second-order valence-electron chi connectivity index (χ2n) is 11.3. The van der Waals surface area contributed by atoms with E-state index in [1.54, 1.807) is 30.3 Å². The minimum absolute atomic E-state index is 0.0520. The second kappa shape index (κ2) is 16.4. The molecule has 0 aliphatic heterocycles. The average Bonchev–Trinajstić information content (AvgIpc) is 3.05. The highest BCUT2D eigenvalue weighted by Crippen LogP contribution is 2.28. The third-order valence-corrected chi connectivity index (χ3v) is 9.98. The first kappa shape index (κ1) is 36.1. The Bertz CT molecular complexity index is 1770. The van der Waals surface area contributed by atoms with E-state index < -0.39 is 28.5 Å². The average molecular weight is 717 g/mol. The molecule has 0 fully saturated rings. The fraction of sp³-hybridized carbons (Fsp3) is 0.257. The predicted octanol–water partition coefficient (Wildman–Crippen LogP) is 7.26. The van der Waals surface area contributed by atoms with Gasteiger partial charge in [-0.25, -0.2) is 8.42 Å². The topological polar surface area (TPSA) is 96.0 Å². The van der Waals surface area contributed by atoms with E-state index in [9.17, 15) is 18.0 Å². The van der Waals surface area contributed by atoms with Crippen LogP contribution in [0.4, 0.5) is 5.69 Å². The molecular weight excluding hydrogens is 681 g/mol. The molecule has 2 amide bonds.